The van der Waals surface area contributed by atoms with Crippen molar-refractivity contribution in [2.75, 3.05) is 11.5 Å². The number of halogens is 1. The van der Waals surface area contributed by atoms with Gasteiger partial charge >= 0.3 is 12.0 Å². The molecular weight excluding hydrogens is 461 g/mol. The molecule has 1 saturated heterocycles. The molecule has 1 aromatic heterocycles. The van der Waals surface area contributed by atoms with E-state index in [1.54, 1.807) is 19.2 Å². The van der Waals surface area contributed by atoms with Gasteiger partial charge in [0.2, 0.25) is 5.16 Å². The molecule has 1 fully saturated rings. The number of rotatable bonds is 7. The molecule has 0 spiro atoms. The number of nitrogens with one attached hydrogen (secondary N) is 2. The van der Waals surface area contributed by atoms with Crippen LogP contribution in [0.3, 0.4) is 0 Å². The second-order valence-corrected chi connectivity index (χ2v) is 9.02. The summed E-state index contributed by atoms with van der Waals surface area (Å²) in [4.78, 5) is 38.0. The SMILES string of the molecule is Cn1nnnc1SCC1=C(C(=O)O)N2C(=O)C(NC(=O)NCc3ccc(F)cc3)[C@@H]2SC1. The number of thioether (sulfide) groups is 2. The Kier molecular flexibility index (Phi) is 6.32. The van der Waals surface area contributed by atoms with Crippen molar-refractivity contribution in [2.45, 2.75) is 23.1 Å². The van der Waals surface area contributed by atoms with Gasteiger partial charge in [-0.1, -0.05) is 23.9 Å². The summed E-state index contributed by atoms with van der Waals surface area (Å²) in [5.41, 5.74) is 1.22. The first-order chi connectivity index (χ1) is 15.3. The number of aryl methyl sites for hydroxylation is 1. The third-order valence-corrected chi connectivity index (χ3v) is 7.30. The van der Waals surface area contributed by atoms with Crippen molar-refractivity contribution in [3.8, 4) is 0 Å². The van der Waals surface area contributed by atoms with Gasteiger partial charge in [-0.25, -0.2) is 18.7 Å². The number of hydrogen-bond donors (Lipinski definition) is 3. The van der Waals surface area contributed by atoms with Crippen molar-refractivity contribution in [1.82, 2.24) is 35.7 Å². The third kappa shape index (κ3) is 4.41. The molecule has 168 valence electrons. The molecule has 2 aromatic rings. The lowest BCUT2D eigenvalue weighted by molar-refractivity contribution is -0.148. The first-order valence-corrected chi connectivity index (χ1v) is 11.4. The number of benzene rings is 1. The second kappa shape index (κ2) is 9.16. The van der Waals surface area contributed by atoms with Gasteiger partial charge in [-0.05, 0) is 33.7 Å². The molecule has 32 heavy (non-hydrogen) atoms. The maximum Gasteiger partial charge on any atom is 0.352 e. The van der Waals surface area contributed by atoms with E-state index in [9.17, 15) is 23.9 Å². The zero-order chi connectivity index (χ0) is 22.8. The highest BCUT2D eigenvalue weighted by Crippen LogP contribution is 2.41. The van der Waals surface area contributed by atoms with Crippen LogP contribution in [0.2, 0.25) is 0 Å². The van der Waals surface area contributed by atoms with Gasteiger partial charge < -0.3 is 15.7 Å². The predicted octanol–water partition coefficient (Wildman–Crippen LogP) is 0.563. The molecule has 14 heteroatoms. The Morgan fingerprint density at radius 2 is 2.09 bits per heavy atom. The lowest BCUT2D eigenvalue weighted by atomic mass is 10.0. The van der Waals surface area contributed by atoms with Crippen LogP contribution in [0.1, 0.15) is 5.56 Å². The number of hydrogen-bond acceptors (Lipinski definition) is 8. The minimum atomic E-state index is -1.20. The molecule has 0 radical (unpaired) electrons. The summed E-state index contributed by atoms with van der Waals surface area (Å²) in [5.74, 6) is -1.35. The normalized spacial score (nSPS) is 19.9. The van der Waals surface area contributed by atoms with E-state index in [0.717, 1.165) is 0 Å². The number of fused-ring (bicyclic) bond motifs is 1. The fourth-order valence-corrected chi connectivity index (χ4v) is 5.60. The van der Waals surface area contributed by atoms with E-state index in [1.807, 2.05) is 0 Å². The van der Waals surface area contributed by atoms with Crippen LogP contribution in [0.15, 0.2) is 40.7 Å². The third-order valence-electron chi connectivity index (χ3n) is 4.86. The molecule has 0 aliphatic carbocycles. The van der Waals surface area contributed by atoms with E-state index in [0.29, 0.717) is 27.8 Å². The summed E-state index contributed by atoms with van der Waals surface area (Å²) in [5, 5.41) is 26.1. The average molecular weight is 480 g/mol. The van der Waals surface area contributed by atoms with Gasteiger partial charge in [0.1, 0.15) is 22.9 Å². The van der Waals surface area contributed by atoms with Gasteiger partial charge in [0.25, 0.3) is 5.91 Å². The summed E-state index contributed by atoms with van der Waals surface area (Å²) < 4.78 is 14.4. The molecule has 3 N–H and O–H groups in total. The Morgan fingerprint density at radius 3 is 2.75 bits per heavy atom. The number of carboxylic acids is 1. The van der Waals surface area contributed by atoms with Crippen LogP contribution in [0.5, 0.6) is 0 Å². The topological polar surface area (TPSA) is 142 Å². The lowest BCUT2D eigenvalue weighted by Crippen LogP contribution is -2.71. The maximum absolute atomic E-state index is 13.0. The highest BCUT2D eigenvalue weighted by molar-refractivity contribution is 8.01. The van der Waals surface area contributed by atoms with Crippen LogP contribution >= 0.6 is 23.5 Å². The quantitative estimate of drug-likeness (QED) is 0.383. The summed E-state index contributed by atoms with van der Waals surface area (Å²) in [6, 6.07) is 4.27. The Balaban J connectivity index is 1.38. The predicted molar refractivity (Wildman–Crippen MR) is 113 cm³/mol. The molecular formula is C18H18FN7O4S2. The molecule has 4 rings (SSSR count). The molecule has 1 aromatic carbocycles. The highest BCUT2D eigenvalue weighted by Gasteiger charge is 2.54. The first-order valence-electron chi connectivity index (χ1n) is 9.39. The highest BCUT2D eigenvalue weighted by atomic mass is 32.2. The van der Waals surface area contributed by atoms with Crippen molar-refractivity contribution in [3.63, 3.8) is 0 Å². The largest absolute Gasteiger partial charge is 0.477 e. The number of carbonyl (C=O) groups excluding carboxylic acids is 2. The molecule has 1 unspecified atom stereocenters. The number of tetrazole rings is 1. The van der Waals surface area contributed by atoms with Crippen LogP contribution in [-0.2, 0) is 23.2 Å². The van der Waals surface area contributed by atoms with Gasteiger partial charge in [-0.2, -0.15) is 0 Å². The second-order valence-electron chi connectivity index (χ2n) is 6.97. The molecule has 3 amide bonds. The Bertz CT molecular complexity index is 1090. The number of carbonyl (C=O) groups is 3. The summed E-state index contributed by atoms with van der Waals surface area (Å²) in [6.45, 7) is 0.160. The van der Waals surface area contributed by atoms with E-state index in [-0.39, 0.29) is 18.1 Å². The number of β-lactam (4-membered cyclic amide) rings is 1. The Morgan fingerprint density at radius 1 is 1.34 bits per heavy atom. The monoisotopic (exact) mass is 479 g/mol. The fraction of sp³-hybridized carbons (Fsp3) is 0.333. The minimum Gasteiger partial charge on any atom is -0.477 e. The summed E-state index contributed by atoms with van der Waals surface area (Å²) in [6.07, 6.45) is 0. The number of nitrogens with zero attached hydrogens (tertiary/aromatic N) is 5. The molecule has 0 bridgehead atoms. The van der Waals surface area contributed by atoms with E-state index < -0.39 is 29.3 Å². The van der Waals surface area contributed by atoms with Gasteiger partial charge in [0.15, 0.2) is 0 Å². The maximum atomic E-state index is 13.0. The van der Waals surface area contributed by atoms with Gasteiger partial charge in [0, 0.05) is 25.1 Å². The van der Waals surface area contributed by atoms with E-state index in [2.05, 4.69) is 26.2 Å². The number of amides is 3. The summed E-state index contributed by atoms with van der Waals surface area (Å²) >= 11 is 2.66. The number of aliphatic carboxylic acids is 1. The van der Waals surface area contributed by atoms with Crippen molar-refractivity contribution in [1.29, 1.82) is 0 Å². The fourth-order valence-electron chi connectivity index (χ4n) is 3.27. The van der Waals surface area contributed by atoms with E-state index in [4.69, 9.17) is 0 Å². The summed E-state index contributed by atoms with van der Waals surface area (Å²) in [7, 11) is 1.68. The number of aromatic nitrogens is 4. The van der Waals surface area contributed by atoms with Gasteiger partial charge in [-0.3, -0.25) is 9.69 Å². The van der Waals surface area contributed by atoms with Crippen LogP contribution in [0, 0.1) is 5.82 Å². The van der Waals surface area contributed by atoms with E-state index >= 15 is 0 Å². The first kappa shape index (κ1) is 22.1. The molecule has 0 saturated carbocycles. The molecule has 2 aliphatic rings. The zero-order valence-electron chi connectivity index (χ0n) is 16.7. The Labute approximate surface area is 189 Å². The molecule has 11 nitrogen and oxygen atoms in total. The lowest BCUT2D eigenvalue weighted by Gasteiger charge is -2.49. The molecule has 2 aliphatic heterocycles. The van der Waals surface area contributed by atoms with Crippen LogP contribution in [-0.4, -0.2) is 71.0 Å². The van der Waals surface area contributed by atoms with Crippen molar-refractivity contribution < 1.29 is 23.9 Å². The standard InChI is InChI=1S/C18H18FN7O4S2/c1-25-18(22-23-24-25)32-8-10-7-31-15-12(14(27)26(15)13(10)16(28)29)21-17(30)20-6-9-2-4-11(19)5-3-9/h2-5,12,15H,6-8H2,1H3,(H,28,29)(H2,20,21,30)/t12?,15-/m0/s1. The number of urea groups is 1. The van der Waals surface area contributed by atoms with Crippen LogP contribution < -0.4 is 10.6 Å². The smallest absolute Gasteiger partial charge is 0.352 e. The van der Waals surface area contributed by atoms with Gasteiger partial charge in [-0.15, -0.1) is 16.9 Å². The van der Waals surface area contributed by atoms with Crippen molar-refractivity contribution >= 4 is 41.4 Å². The van der Waals surface area contributed by atoms with Crippen LogP contribution in [0.25, 0.3) is 0 Å². The van der Waals surface area contributed by atoms with Crippen molar-refractivity contribution in [3.05, 3.63) is 46.9 Å². The van der Waals surface area contributed by atoms with Crippen molar-refractivity contribution in [2.24, 2.45) is 7.05 Å². The molecule has 2 atom stereocenters. The van der Waals surface area contributed by atoms with E-state index in [1.165, 1.54) is 45.2 Å². The zero-order valence-corrected chi connectivity index (χ0v) is 18.3. The average Bonchev–Trinajstić information content (AvgIpc) is 3.19. The molecule has 3 heterocycles. The Hall–Kier alpha value is -3.13. The number of carboxylic acid groups (broad SMARTS) is 1. The minimum absolute atomic E-state index is 0.0638. The van der Waals surface area contributed by atoms with Crippen LogP contribution in [0.4, 0.5) is 9.18 Å². The van der Waals surface area contributed by atoms with Gasteiger partial charge in [0.05, 0.1) is 0 Å².